The average Bonchev–Trinajstić information content (AvgIpc) is 3.19. The van der Waals surface area contributed by atoms with Crippen LogP contribution in [0.4, 0.5) is 10.2 Å². The Labute approximate surface area is 181 Å². The van der Waals surface area contributed by atoms with E-state index in [4.69, 9.17) is 28.1 Å². The highest BCUT2D eigenvalue weighted by atomic mass is 35.5. The Hall–Kier alpha value is -2.34. The topological polar surface area (TPSA) is 77.7 Å². The van der Waals surface area contributed by atoms with Crippen molar-refractivity contribution in [2.45, 2.75) is 25.3 Å². The molecule has 1 aliphatic heterocycles. The molecule has 0 radical (unpaired) electrons. The number of halogens is 2. The highest BCUT2D eigenvalue weighted by Crippen LogP contribution is 2.30. The van der Waals surface area contributed by atoms with Crippen LogP contribution in [0.1, 0.15) is 39.0 Å². The SMILES string of the molecule is [2H]c1nc(N([2H])C2([2H])C([2H])([2H])CN(C([2H])([2H])c3c([2H])c([2H])c(F)c(C#N)c3[2H])CC2([2H])[2H])c2sc(Cl)nc2n1. The standard InChI is InChI=1S/C18H16ClFN6S/c19-18-25-17-15(27-18)16(22-10-23-17)24-13-3-5-26(6-4-13)9-11-1-2-14(20)12(7-11)8-21/h1-2,7,10,13H,3-6,9H2,(H,22,23,24)/i1D,2D,3D2,4D2,7D,9D2,10D,13D/hD. The highest BCUT2D eigenvalue weighted by molar-refractivity contribution is 7.22. The molecular weight excluding hydrogens is 387 g/mol. The van der Waals surface area contributed by atoms with Gasteiger partial charge in [0.25, 0.3) is 0 Å². The van der Waals surface area contributed by atoms with Gasteiger partial charge in [-0.15, -0.1) is 0 Å². The van der Waals surface area contributed by atoms with E-state index >= 15 is 0 Å². The quantitative estimate of drug-likeness (QED) is 0.699. The molecule has 2 aromatic heterocycles. The van der Waals surface area contributed by atoms with Gasteiger partial charge < -0.3 is 5.31 Å². The Kier molecular flexibility index (Phi) is 2.51. The molecule has 1 saturated heterocycles. The van der Waals surface area contributed by atoms with Gasteiger partial charge in [-0.05, 0) is 30.4 Å². The first-order valence-electron chi connectivity index (χ1n) is 13.3. The summed E-state index contributed by atoms with van der Waals surface area (Å²) in [6.07, 6.45) is -6.81. The number of aromatic nitrogens is 3. The van der Waals surface area contributed by atoms with E-state index in [9.17, 15) is 9.65 Å². The van der Waals surface area contributed by atoms with Crippen molar-refractivity contribution in [3.63, 3.8) is 0 Å². The first-order chi connectivity index (χ1) is 17.8. The minimum absolute atomic E-state index is 0.0157. The first kappa shape index (κ1) is 8.78. The Morgan fingerprint density at radius 2 is 2.37 bits per heavy atom. The molecule has 1 fully saturated rings. The molecule has 0 bridgehead atoms. The maximum Gasteiger partial charge on any atom is 0.186 e. The van der Waals surface area contributed by atoms with Crippen molar-refractivity contribution in [3.8, 4) is 6.07 Å². The number of nitriles is 1. The molecule has 27 heavy (non-hydrogen) atoms. The average molecular weight is 415 g/mol. The van der Waals surface area contributed by atoms with Gasteiger partial charge in [-0.1, -0.05) is 29.0 Å². The Morgan fingerprint density at radius 3 is 3.15 bits per heavy atom. The van der Waals surface area contributed by atoms with Gasteiger partial charge in [0.15, 0.2) is 11.5 Å². The number of piperidine rings is 1. The van der Waals surface area contributed by atoms with Crippen LogP contribution in [0.3, 0.4) is 0 Å². The van der Waals surface area contributed by atoms with Gasteiger partial charge in [0.05, 0.1) is 11.0 Å². The first-order valence-corrected chi connectivity index (χ1v) is 8.56. The van der Waals surface area contributed by atoms with Crippen LogP contribution in [-0.2, 0) is 6.50 Å². The van der Waals surface area contributed by atoms with Crippen molar-refractivity contribution in [3.05, 3.63) is 45.8 Å². The fourth-order valence-corrected chi connectivity index (χ4v) is 3.14. The number of hydrogen-bond donors (Lipinski definition) is 1. The van der Waals surface area contributed by atoms with E-state index in [1.807, 2.05) is 0 Å². The monoisotopic (exact) mass is 414 g/mol. The van der Waals surface area contributed by atoms with Crippen LogP contribution >= 0.6 is 22.9 Å². The number of hydrogen-bond acceptors (Lipinski definition) is 7. The Balaban J connectivity index is 1.84. The zero-order valence-electron chi connectivity index (χ0n) is 25.3. The number of nitrogens with one attached hydrogen (secondary N) is 1. The lowest BCUT2D eigenvalue weighted by Gasteiger charge is -2.32. The fourth-order valence-electron chi connectivity index (χ4n) is 2.16. The van der Waals surface area contributed by atoms with Crippen molar-refractivity contribution in [2.75, 3.05) is 18.4 Å². The van der Waals surface area contributed by atoms with E-state index in [0.717, 1.165) is 11.3 Å². The third-order valence-electron chi connectivity index (χ3n) is 3.34. The highest BCUT2D eigenvalue weighted by Gasteiger charge is 2.21. The molecule has 4 rings (SSSR count). The summed E-state index contributed by atoms with van der Waals surface area (Å²) in [5.41, 5.74) is -2.09. The number of likely N-dealkylation sites (tertiary alicyclic amines) is 1. The van der Waals surface area contributed by atoms with E-state index in [-0.39, 0.29) is 20.1 Å². The van der Waals surface area contributed by atoms with Crippen LogP contribution in [0.2, 0.25) is 5.88 Å². The number of rotatable bonds is 4. The second-order valence-electron chi connectivity index (χ2n) is 5.10. The van der Waals surface area contributed by atoms with Crippen molar-refractivity contribution < 1.29 is 20.9 Å². The number of nitrogens with zero attached hydrogens (tertiary/aromatic N) is 5. The summed E-state index contributed by atoms with van der Waals surface area (Å²) in [6, 6.07) is -5.08. The number of anilines is 1. The van der Waals surface area contributed by atoms with Crippen LogP contribution in [0.5, 0.6) is 0 Å². The predicted molar refractivity (Wildman–Crippen MR) is 103 cm³/mol. The molecule has 0 amide bonds. The minimum atomic E-state index is -3.12. The number of fused-ring (bicyclic) bond motifs is 1. The molecule has 1 aromatic carbocycles. The largest absolute Gasteiger partial charge is 0.366 e. The second-order valence-corrected chi connectivity index (χ2v) is 6.68. The molecule has 6 nitrogen and oxygen atoms in total. The van der Waals surface area contributed by atoms with Gasteiger partial charge >= 0.3 is 0 Å². The molecule has 138 valence electrons. The summed E-state index contributed by atoms with van der Waals surface area (Å²) >= 11 is 6.67. The van der Waals surface area contributed by atoms with Crippen LogP contribution in [0.15, 0.2) is 24.4 Å². The van der Waals surface area contributed by atoms with E-state index < -0.39 is 85.5 Å². The molecule has 9 heteroatoms. The molecular formula is C18H16ClFN6S. The third kappa shape index (κ3) is 4.00. The predicted octanol–water partition coefficient (Wildman–Crippen LogP) is 3.83. The lowest BCUT2D eigenvalue weighted by Crippen LogP contribution is -2.38. The maximum absolute atomic E-state index is 14.3. The Morgan fingerprint density at radius 1 is 1.56 bits per heavy atom. The van der Waals surface area contributed by atoms with Crippen molar-refractivity contribution in [2.24, 2.45) is 0 Å². The lowest BCUT2D eigenvalue weighted by atomic mass is 10.0. The normalized spacial score (nSPS) is 27.6. The zero-order chi connectivity index (χ0) is 29.5. The molecule has 0 atom stereocenters. The molecule has 1 aliphatic rings. The van der Waals surface area contributed by atoms with Crippen molar-refractivity contribution >= 4 is 39.1 Å². The summed E-state index contributed by atoms with van der Waals surface area (Å²) in [5, 5.41) is 9.35. The van der Waals surface area contributed by atoms with E-state index in [2.05, 4.69) is 15.0 Å². The van der Waals surface area contributed by atoms with E-state index in [0.29, 0.717) is 4.90 Å². The molecule has 0 saturated carbocycles. The minimum Gasteiger partial charge on any atom is -0.366 e. The summed E-state index contributed by atoms with van der Waals surface area (Å²) in [6.45, 7) is -5.23. The van der Waals surface area contributed by atoms with Crippen LogP contribution in [0.25, 0.3) is 10.3 Å². The van der Waals surface area contributed by atoms with Crippen LogP contribution in [-0.4, -0.2) is 39.0 Å². The second kappa shape index (κ2) is 7.72. The lowest BCUT2D eigenvalue weighted by molar-refractivity contribution is 0.211. The molecule has 0 unspecified atom stereocenters. The third-order valence-corrected chi connectivity index (χ3v) is 4.48. The smallest absolute Gasteiger partial charge is 0.186 e. The van der Waals surface area contributed by atoms with Crippen molar-refractivity contribution in [1.29, 1.82) is 5.26 Å². The molecule has 0 spiro atoms. The van der Waals surface area contributed by atoms with Gasteiger partial charge in [-0.25, -0.2) is 19.3 Å². The van der Waals surface area contributed by atoms with Gasteiger partial charge in [0, 0.05) is 33.8 Å². The van der Waals surface area contributed by atoms with Gasteiger partial charge in [-0.2, -0.15) is 5.26 Å². The fraction of sp³-hybridized carbons (Fsp3) is 0.333. The van der Waals surface area contributed by atoms with Crippen molar-refractivity contribution in [1.82, 2.24) is 19.9 Å². The van der Waals surface area contributed by atoms with Gasteiger partial charge in [-0.3, -0.25) is 4.90 Å². The van der Waals surface area contributed by atoms with Gasteiger partial charge in [0.1, 0.15) is 30.1 Å². The molecule has 1 N–H and O–H groups in total. The summed E-state index contributed by atoms with van der Waals surface area (Å²) in [7, 11) is 0. The maximum atomic E-state index is 14.3. The molecule has 0 aliphatic carbocycles. The molecule has 3 heterocycles. The van der Waals surface area contributed by atoms with Gasteiger partial charge in [0.2, 0.25) is 0 Å². The number of thiazole rings is 1. The number of benzene rings is 1. The summed E-state index contributed by atoms with van der Waals surface area (Å²) < 4.78 is 115. The summed E-state index contributed by atoms with van der Waals surface area (Å²) in [4.78, 5) is 11.9. The van der Waals surface area contributed by atoms with E-state index in [1.165, 1.54) is 6.07 Å². The molecule has 3 aromatic rings. The van der Waals surface area contributed by atoms with Crippen LogP contribution in [0, 0.1) is 17.1 Å². The Bertz CT molecular complexity index is 1530. The van der Waals surface area contributed by atoms with E-state index in [1.54, 1.807) is 0 Å². The summed E-state index contributed by atoms with van der Waals surface area (Å²) in [5.74, 6) is -2.02. The zero-order valence-corrected chi connectivity index (χ0v) is 14.8. The van der Waals surface area contributed by atoms with Crippen LogP contribution < -0.4 is 5.31 Å².